The van der Waals surface area contributed by atoms with Crippen molar-refractivity contribution in [1.82, 2.24) is 15.5 Å². The van der Waals surface area contributed by atoms with Crippen LogP contribution in [0.1, 0.15) is 33.6 Å². The Morgan fingerprint density at radius 2 is 1.39 bits per heavy atom. The summed E-state index contributed by atoms with van der Waals surface area (Å²) in [5, 5.41) is 5.71. The molecule has 0 bridgehead atoms. The Morgan fingerprint density at radius 1 is 0.913 bits per heavy atom. The molecule has 0 radical (unpaired) electrons. The Balaban J connectivity index is 3.97. The zero-order chi connectivity index (χ0) is 17.6. The zero-order valence-corrected chi connectivity index (χ0v) is 16.4. The highest BCUT2D eigenvalue weighted by atomic mass is 28.4. The minimum Gasteiger partial charge on any atom is -0.374 e. The van der Waals surface area contributed by atoms with Crippen molar-refractivity contribution in [3.8, 4) is 0 Å². The van der Waals surface area contributed by atoms with E-state index in [1.165, 1.54) is 0 Å². The molecule has 0 aliphatic heterocycles. The highest BCUT2D eigenvalue weighted by molar-refractivity contribution is 6.60. The quantitative estimate of drug-likeness (QED) is 0.369. The van der Waals surface area contributed by atoms with Crippen molar-refractivity contribution in [2.24, 2.45) is 0 Å². The third kappa shape index (κ3) is 11.5. The first-order chi connectivity index (χ1) is 11.0. The molecule has 0 fully saturated rings. The Kier molecular flexibility index (Phi) is 13.3. The lowest BCUT2D eigenvalue weighted by Gasteiger charge is -2.28. The number of rotatable bonds is 14. The fraction of sp³-hybridized carbons (Fsp3) is 0.933. The molecule has 0 unspecified atom stereocenters. The summed E-state index contributed by atoms with van der Waals surface area (Å²) in [4.78, 5) is 13.8. The van der Waals surface area contributed by atoms with Gasteiger partial charge in [-0.05, 0) is 54.3 Å². The number of carbonyl (C=O) groups is 1. The molecule has 23 heavy (non-hydrogen) atoms. The van der Waals surface area contributed by atoms with Gasteiger partial charge in [0.05, 0.1) is 0 Å². The maximum atomic E-state index is 11.7. The number of carbonyl (C=O) groups excluding carboxylic acids is 1. The second-order valence-corrected chi connectivity index (χ2v) is 8.16. The summed E-state index contributed by atoms with van der Waals surface area (Å²) in [6.45, 7) is 9.79. The first-order valence-corrected chi connectivity index (χ1v) is 10.5. The molecule has 0 aromatic rings. The van der Waals surface area contributed by atoms with Gasteiger partial charge < -0.3 is 28.8 Å². The molecule has 138 valence electrons. The molecule has 8 heteroatoms. The van der Waals surface area contributed by atoms with Crippen molar-refractivity contribution in [3.05, 3.63) is 0 Å². The third-order valence-corrected chi connectivity index (χ3v) is 6.26. The smallest absolute Gasteiger partial charge is 0.374 e. The molecule has 0 spiro atoms. The third-order valence-electron chi connectivity index (χ3n) is 3.11. The molecule has 7 nitrogen and oxygen atoms in total. The highest BCUT2D eigenvalue weighted by Crippen LogP contribution is 2.17. The van der Waals surface area contributed by atoms with Crippen molar-refractivity contribution in [3.63, 3.8) is 0 Å². The molecule has 0 atom stereocenters. The predicted molar refractivity (Wildman–Crippen MR) is 94.6 cm³/mol. The fourth-order valence-corrected chi connectivity index (χ4v) is 4.78. The number of nitrogens with one attached hydrogen (secondary N) is 2. The van der Waals surface area contributed by atoms with Crippen LogP contribution in [-0.2, 0) is 13.3 Å². The molecule has 0 saturated carbocycles. The summed E-state index contributed by atoms with van der Waals surface area (Å²) in [6.07, 6.45) is 1.72. The van der Waals surface area contributed by atoms with Gasteiger partial charge in [-0.15, -0.1) is 0 Å². The van der Waals surface area contributed by atoms with E-state index in [1.54, 1.807) is 0 Å². The highest BCUT2D eigenvalue weighted by Gasteiger charge is 2.39. The van der Waals surface area contributed by atoms with Crippen LogP contribution in [0, 0.1) is 0 Å². The van der Waals surface area contributed by atoms with E-state index in [-0.39, 0.29) is 6.03 Å². The SMILES string of the molecule is CCO[Si](CCCNC(=O)NCCCN(C)C)(OCC)OCC. The van der Waals surface area contributed by atoms with E-state index in [2.05, 4.69) is 15.5 Å². The van der Waals surface area contributed by atoms with E-state index in [1.807, 2.05) is 34.9 Å². The van der Waals surface area contributed by atoms with Crippen LogP contribution in [0.15, 0.2) is 0 Å². The average Bonchev–Trinajstić information content (AvgIpc) is 2.49. The van der Waals surface area contributed by atoms with Crippen molar-refractivity contribution in [2.75, 3.05) is 53.6 Å². The average molecular weight is 350 g/mol. The van der Waals surface area contributed by atoms with Gasteiger partial charge in [-0.25, -0.2) is 4.79 Å². The largest absolute Gasteiger partial charge is 0.500 e. The van der Waals surface area contributed by atoms with Gasteiger partial charge >= 0.3 is 14.8 Å². The van der Waals surface area contributed by atoms with Gasteiger partial charge in [0, 0.05) is 39.0 Å². The summed E-state index contributed by atoms with van der Waals surface area (Å²) in [5.74, 6) is 0. The summed E-state index contributed by atoms with van der Waals surface area (Å²) < 4.78 is 17.3. The van der Waals surface area contributed by atoms with Gasteiger partial charge in [-0.3, -0.25) is 0 Å². The molecule has 2 amide bonds. The summed E-state index contributed by atoms with van der Waals surface area (Å²) in [5.41, 5.74) is 0. The van der Waals surface area contributed by atoms with Crippen LogP contribution >= 0.6 is 0 Å². The minimum absolute atomic E-state index is 0.125. The standard InChI is InChI=1S/C15H35N3O4Si/c1-6-20-23(21-7-2,22-8-3)14-10-12-17-15(19)16-11-9-13-18(4)5/h6-14H2,1-5H3,(H2,16,17,19). The number of hydrogen-bond donors (Lipinski definition) is 2. The molecule has 2 N–H and O–H groups in total. The van der Waals surface area contributed by atoms with Gasteiger partial charge in [-0.2, -0.15) is 0 Å². The first kappa shape index (κ1) is 22.3. The summed E-state index contributed by atoms with van der Waals surface area (Å²) >= 11 is 0. The molecule has 0 aliphatic carbocycles. The zero-order valence-electron chi connectivity index (χ0n) is 15.4. The van der Waals surface area contributed by atoms with Crippen LogP contribution in [0.5, 0.6) is 0 Å². The summed E-state index contributed by atoms with van der Waals surface area (Å²) in [7, 11) is 1.45. The number of amides is 2. The topological polar surface area (TPSA) is 72.1 Å². The fourth-order valence-electron chi connectivity index (χ4n) is 2.17. The second-order valence-electron chi connectivity index (χ2n) is 5.43. The van der Waals surface area contributed by atoms with E-state index in [0.29, 0.717) is 39.0 Å². The molecule has 0 rings (SSSR count). The van der Waals surface area contributed by atoms with Gasteiger partial charge in [0.1, 0.15) is 0 Å². The van der Waals surface area contributed by atoms with E-state index in [4.69, 9.17) is 13.3 Å². The minimum atomic E-state index is -2.59. The van der Waals surface area contributed by atoms with E-state index in [0.717, 1.165) is 19.4 Å². The lowest BCUT2D eigenvalue weighted by Crippen LogP contribution is -2.46. The molecule has 0 aromatic carbocycles. The number of hydrogen-bond acceptors (Lipinski definition) is 5. The Bertz CT molecular complexity index is 289. The predicted octanol–water partition coefficient (Wildman–Crippen LogP) is 1.68. The van der Waals surface area contributed by atoms with E-state index >= 15 is 0 Å². The molecule has 0 aromatic heterocycles. The van der Waals surface area contributed by atoms with Crippen molar-refractivity contribution < 1.29 is 18.1 Å². The Labute approximate surface area is 142 Å². The lowest BCUT2D eigenvalue weighted by atomic mass is 10.4. The first-order valence-electron chi connectivity index (χ1n) is 8.58. The lowest BCUT2D eigenvalue weighted by molar-refractivity contribution is 0.0708. The van der Waals surface area contributed by atoms with Crippen molar-refractivity contribution >= 4 is 14.8 Å². The van der Waals surface area contributed by atoms with Crippen LogP contribution in [0.4, 0.5) is 4.79 Å². The van der Waals surface area contributed by atoms with E-state index < -0.39 is 8.80 Å². The summed E-state index contributed by atoms with van der Waals surface area (Å²) in [6, 6.07) is 0.587. The van der Waals surface area contributed by atoms with Crippen LogP contribution in [0.25, 0.3) is 0 Å². The molecule has 0 aliphatic rings. The van der Waals surface area contributed by atoms with Crippen molar-refractivity contribution in [1.29, 1.82) is 0 Å². The normalized spacial score (nSPS) is 11.7. The van der Waals surface area contributed by atoms with Gasteiger partial charge in [-0.1, -0.05) is 0 Å². The monoisotopic (exact) mass is 349 g/mol. The Hall–Kier alpha value is -0.673. The maximum Gasteiger partial charge on any atom is 0.500 e. The van der Waals surface area contributed by atoms with E-state index in [9.17, 15) is 4.79 Å². The molecular weight excluding hydrogens is 314 g/mol. The van der Waals surface area contributed by atoms with Crippen LogP contribution < -0.4 is 10.6 Å². The van der Waals surface area contributed by atoms with Crippen molar-refractivity contribution in [2.45, 2.75) is 39.7 Å². The maximum absolute atomic E-state index is 11.7. The molecule has 0 heterocycles. The number of nitrogens with zero attached hydrogens (tertiary/aromatic N) is 1. The molecular formula is C15H35N3O4Si. The van der Waals surface area contributed by atoms with Gasteiger partial charge in [0.15, 0.2) is 0 Å². The van der Waals surface area contributed by atoms with Crippen LogP contribution in [0.3, 0.4) is 0 Å². The van der Waals surface area contributed by atoms with Crippen LogP contribution in [-0.4, -0.2) is 73.3 Å². The second kappa shape index (κ2) is 13.7. The van der Waals surface area contributed by atoms with Crippen LogP contribution in [0.2, 0.25) is 6.04 Å². The van der Waals surface area contributed by atoms with Gasteiger partial charge in [0.2, 0.25) is 0 Å². The molecule has 0 saturated heterocycles. The van der Waals surface area contributed by atoms with Gasteiger partial charge in [0.25, 0.3) is 0 Å². The number of urea groups is 1. The Morgan fingerprint density at radius 3 is 1.83 bits per heavy atom.